The van der Waals surface area contributed by atoms with Crippen molar-refractivity contribution >= 4 is 11.6 Å². The van der Waals surface area contributed by atoms with E-state index in [2.05, 4.69) is 18.7 Å². The molecule has 7 atom stereocenters. The van der Waals surface area contributed by atoms with E-state index in [0.29, 0.717) is 30.1 Å². The summed E-state index contributed by atoms with van der Waals surface area (Å²) in [5, 5.41) is 11.4. The van der Waals surface area contributed by atoms with Crippen LogP contribution < -0.4 is 0 Å². The van der Waals surface area contributed by atoms with Gasteiger partial charge in [0.2, 0.25) is 0 Å². The van der Waals surface area contributed by atoms with Gasteiger partial charge in [-0.2, -0.15) is 0 Å². The van der Waals surface area contributed by atoms with Gasteiger partial charge in [-0.05, 0) is 55.1 Å². The molecule has 4 nitrogen and oxygen atoms in total. The lowest BCUT2D eigenvalue weighted by molar-refractivity contribution is -0.157. The number of hydrogen-bond acceptors (Lipinski definition) is 4. The normalized spacial score (nSPS) is 56.4. The molecule has 6 rings (SSSR count). The summed E-state index contributed by atoms with van der Waals surface area (Å²) < 4.78 is 0. The number of piperidine rings is 1. The smallest absolute Gasteiger partial charge is 0.162 e. The van der Waals surface area contributed by atoms with Gasteiger partial charge >= 0.3 is 0 Å². The standard InChI is InChI=1S/C21H27NO3/c1-11-9-22-10-12-3-4-13-15(23)8-20(25)5-6-21(17(13)20)18(24)14(11)7-16(22)19(12,21)2/h11-12,14,16,25H,3-10H2,1-2H3/t11-,12-,14-,16?,19-,20?,21+/m1/s1. The van der Waals surface area contributed by atoms with Gasteiger partial charge in [-0.1, -0.05) is 13.8 Å². The molecule has 1 spiro atoms. The van der Waals surface area contributed by atoms with Crippen LogP contribution in [0.2, 0.25) is 0 Å². The number of fused-ring (bicyclic) bond motifs is 1. The van der Waals surface area contributed by atoms with Crippen LogP contribution in [0.3, 0.4) is 0 Å². The molecule has 0 aromatic rings. The molecular weight excluding hydrogens is 314 g/mol. The van der Waals surface area contributed by atoms with Gasteiger partial charge in [0.1, 0.15) is 5.78 Å². The Balaban J connectivity index is 1.69. The van der Waals surface area contributed by atoms with E-state index in [1.54, 1.807) is 0 Å². The second-order valence-corrected chi connectivity index (χ2v) is 10.1. The summed E-state index contributed by atoms with van der Waals surface area (Å²) in [6, 6.07) is 0.446. The molecule has 4 heteroatoms. The second kappa shape index (κ2) is 4.12. The topological polar surface area (TPSA) is 57.6 Å². The summed E-state index contributed by atoms with van der Waals surface area (Å²) in [5.41, 5.74) is 0.0603. The molecule has 2 heterocycles. The summed E-state index contributed by atoms with van der Waals surface area (Å²) in [6.07, 6.45) is 4.34. The molecule has 0 aromatic heterocycles. The average Bonchev–Trinajstić information content (AvgIpc) is 3.06. The van der Waals surface area contributed by atoms with E-state index >= 15 is 0 Å². The van der Waals surface area contributed by atoms with Crippen LogP contribution in [0.4, 0.5) is 0 Å². The van der Waals surface area contributed by atoms with E-state index < -0.39 is 11.0 Å². The van der Waals surface area contributed by atoms with Crippen LogP contribution in [0.15, 0.2) is 11.1 Å². The molecule has 0 radical (unpaired) electrons. The fraction of sp³-hybridized carbons (Fsp3) is 0.810. The predicted molar refractivity (Wildman–Crippen MR) is 91.7 cm³/mol. The predicted octanol–water partition coefficient (Wildman–Crippen LogP) is 2.11. The molecular formula is C21H27NO3. The molecule has 0 amide bonds. The maximum atomic E-state index is 14.0. The van der Waals surface area contributed by atoms with Crippen molar-refractivity contribution < 1.29 is 14.7 Å². The first kappa shape index (κ1) is 15.1. The SMILES string of the molecule is C[C@@H]1CN2C[C@H]3CCC4=C5C(O)(CC[C@@]56C(=O)[C@@H]1CC2[C@@]36C)CC4=O. The highest BCUT2D eigenvalue weighted by Gasteiger charge is 2.77. The van der Waals surface area contributed by atoms with Gasteiger partial charge in [0.25, 0.3) is 0 Å². The fourth-order valence-electron chi connectivity index (χ4n) is 8.42. The summed E-state index contributed by atoms with van der Waals surface area (Å²) in [6.45, 7) is 6.68. The molecule has 6 aliphatic rings. The highest BCUT2D eigenvalue weighted by Crippen LogP contribution is 2.74. The van der Waals surface area contributed by atoms with Crippen molar-refractivity contribution in [2.24, 2.45) is 28.6 Å². The van der Waals surface area contributed by atoms with Crippen molar-refractivity contribution in [3.63, 3.8) is 0 Å². The van der Waals surface area contributed by atoms with E-state index in [9.17, 15) is 14.7 Å². The third-order valence-corrected chi connectivity index (χ3v) is 9.44. The Hall–Kier alpha value is -1.00. The Kier molecular flexibility index (Phi) is 2.49. The Morgan fingerprint density at radius 2 is 2.00 bits per heavy atom. The van der Waals surface area contributed by atoms with Gasteiger partial charge in [-0.25, -0.2) is 0 Å². The molecule has 25 heavy (non-hydrogen) atoms. The molecule has 4 fully saturated rings. The monoisotopic (exact) mass is 341 g/mol. The molecule has 2 unspecified atom stereocenters. The van der Waals surface area contributed by atoms with E-state index in [4.69, 9.17) is 0 Å². The highest BCUT2D eigenvalue weighted by atomic mass is 16.3. The highest BCUT2D eigenvalue weighted by molar-refractivity contribution is 6.05. The number of Topliss-reactive ketones (excluding diaryl/α,β-unsaturated/α-hetero) is 2. The van der Waals surface area contributed by atoms with E-state index in [1.165, 1.54) is 0 Å². The maximum absolute atomic E-state index is 14.0. The van der Waals surface area contributed by atoms with Crippen LogP contribution in [0, 0.1) is 28.6 Å². The van der Waals surface area contributed by atoms with Crippen LogP contribution in [0.5, 0.6) is 0 Å². The number of carbonyl (C=O) groups excluding carboxylic acids is 2. The summed E-state index contributed by atoms with van der Waals surface area (Å²) in [5.74, 6) is 1.46. The zero-order chi connectivity index (χ0) is 17.4. The Morgan fingerprint density at radius 1 is 1.20 bits per heavy atom. The summed E-state index contributed by atoms with van der Waals surface area (Å²) >= 11 is 0. The van der Waals surface area contributed by atoms with Gasteiger partial charge in [-0.15, -0.1) is 0 Å². The number of ketones is 2. The molecule has 134 valence electrons. The van der Waals surface area contributed by atoms with Crippen molar-refractivity contribution in [3.05, 3.63) is 11.1 Å². The van der Waals surface area contributed by atoms with Gasteiger partial charge in [0.15, 0.2) is 5.78 Å². The lowest BCUT2D eigenvalue weighted by atomic mass is 9.45. The molecule has 2 bridgehead atoms. The summed E-state index contributed by atoms with van der Waals surface area (Å²) in [7, 11) is 0. The third-order valence-electron chi connectivity index (χ3n) is 9.44. The number of rotatable bonds is 0. The minimum Gasteiger partial charge on any atom is -0.385 e. The van der Waals surface area contributed by atoms with Crippen LogP contribution in [0.1, 0.15) is 52.4 Å². The van der Waals surface area contributed by atoms with Crippen molar-refractivity contribution in [1.82, 2.24) is 4.90 Å². The second-order valence-electron chi connectivity index (χ2n) is 10.1. The van der Waals surface area contributed by atoms with Gasteiger partial charge < -0.3 is 5.11 Å². The number of carbonyl (C=O) groups is 2. The minimum atomic E-state index is -1.03. The van der Waals surface area contributed by atoms with Crippen LogP contribution in [-0.4, -0.2) is 46.3 Å². The minimum absolute atomic E-state index is 0.104. The zero-order valence-corrected chi connectivity index (χ0v) is 15.2. The molecule has 0 aromatic carbocycles. The third kappa shape index (κ3) is 1.34. The zero-order valence-electron chi connectivity index (χ0n) is 15.2. The number of hydrogen-bond donors (Lipinski definition) is 1. The Labute approximate surface area is 148 Å². The van der Waals surface area contributed by atoms with Crippen molar-refractivity contribution in [2.75, 3.05) is 13.1 Å². The fourth-order valence-corrected chi connectivity index (χ4v) is 8.42. The largest absolute Gasteiger partial charge is 0.385 e. The number of allylic oxidation sites excluding steroid dienone is 1. The first-order chi connectivity index (χ1) is 11.8. The van der Waals surface area contributed by atoms with Crippen molar-refractivity contribution in [2.45, 2.75) is 64.0 Å². The summed E-state index contributed by atoms with van der Waals surface area (Å²) in [4.78, 5) is 29.4. The van der Waals surface area contributed by atoms with Crippen molar-refractivity contribution in [3.8, 4) is 0 Å². The van der Waals surface area contributed by atoms with E-state index in [-0.39, 0.29) is 23.5 Å². The Morgan fingerprint density at radius 3 is 2.80 bits per heavy atom. The van der Waals surface area contributed by atoms with Gasteiger partial charge in [0.05, 0.1) is 11.0 Å². The lowest BCUT2D eigenvalue weighted by Gasteiger charge is -2.59. The molecule has 4 aliphatic carbocycles. The first-order valence-electron chi connectivity index (χ1n) is 10.1. The van der Waals surface area contributed by atoms with Gasteiger partial charge in [0, 0.05) is 36.9 Å². The molecule has 2 saturated carbocycles. The average molecular weight is 341 g/mol. The Bertz CT molecular complexity index is 771. The van der Waals surface area contributed by atoms with Crippen molar-refractivity contribution in [1.29, 1.82) is 0 Å². The molecule has 2 saturated heterocycles. The lowest BCUT2D eigenvalue weighted by Crippen LogP contribution is -2.65. The quantitative estimate of drug-likeness (QED) is 0.733. The number of aliphatic hydroxyl groups is 1. The molecule has 2 aliphatic heterocycles. The van der Waals surface area contributed by atoms with E-state index in [0.717, 1.165) is 49.9 Å². The van der Waals surface area contributed by atoms with Gasteiger partial charge in [-0.3, -0.25) is 14.5 Å². The number of nitrogens with zero attached hydrogens (tertiary/aromatic N) is 1. The van der Waals surface area contributed by atoms with Crippen LogP contribution in [-0.2, 0) is 9.59 Å². The van der Waals surface area contributed by atoms with Crippen LogP contribution in [0.25, 0.3) is 0 Å². The van der Waals surface area contributed by atoms with Crippen LogP contribution >= 0.6 is 0 Å². The first-order valence-corrected chi connectivity index (χ1v) is 10.1. The molecule has 1 N–H and O–H groups in total. The van der Waals surface area contributed by atoms with E-state index in [1.807, 2.05) is 0 Å². The maximum Gasteiger partial charge on any atom is 0.162 e.